The number of guanidine groups is 1. The molecule has 0 saturated carbocycles. The molecule has 0 aliphatic rings. The molecular formula is C18H29F3IN3O2. The molecule has 0 unspecified atom stereocenters. The quantitative estimate of drug-likeness (QED) is 0.227. The molecule has 156 valence electrons. The monoisotopic (exact) mass is 503 g/mol. The minimum absolute atomic E-state index is 0. The van der Waals surface area contributed by atoms with Crippen LogP contribution in [0.25, 0.3) is 0 Å². The number of nitrogens with zero attached hydrogens (tertiary/aromatic N) is 2. The summed E-state index contributed by atoms with van der Waals surface area (Å²) in [6.07, 6.45) is -3.85. The van der Waals surface area contributed by atoms with E-state index in [4.69, 9.17) is 4.74 Å². The molecule has 0 aliphatic carbocycles. The first kappa shape index (κ1) is 25.8. The molecule has 0 heterocycles. The molecule has 1 N–H and O–H groups in total. The molecule has 5 nitrogen and oxygen atoms in total. The average molecular weight is 503 g/mol. The highest BCUT2D eigenvalue weighted by Gasteiger charge is 2.27. The zero-order chi connectivity index (χ0) is 19.4. The summed E-state index contributed by atoms with van der Waals surface area (Å²) in [6, 6.07) is 7.84. The van der Waals surface area contributed by atoms with Gasteiger partial charge < -0.3 is 19.7 Å². The Morgan fingerprint density at radius 2 is 1.85 bits per heavy atom. The van der Waals surface area contributed by atoms with E-state index in [1.807, 2.05) is 50.1 Å². The molecule has 0 amide bonds. The first-order chi connectivity index (χ1) is 12.4. The third-order valence-electron chi connectivity index (χ3n) is 3.32. The van der Waals surface area contributed by atoms with E-state index in [1.54, 1.807) is 0 Å². The normalized spacial score (nSPS) is 11.7. The van der Waals surface area contributed by atoms with Crippen LogP contribution < -0.4 is 10.1 Å². The Morgan fingerprint density at radius 3 is 2.41 bits per heavy atom. The fraction of sp³-hybridized carbons (Fsp3) is 0.611. The standard InChI is InChI=1S/C18H28F3N3O2.HI/c1-4-22-17(23-11-6-12-25-14-18(19,20)21)24(3)13-15-7-9-16(10-8-15)26-5-2;/h7-10H,4-6,11-14H2,1-3H3,(H,22,23);1H. The second kappa shape index (κ2) is 13.9. The lowest BCUT2D eigenvalue weighted by atomic mass is 10.2. The van der Waals surface area contributed by atoms with Crippen LogP contribution >= 0.6 is 24.0 Å². The molecule has 0 bridgehead atoms. The molecule has 1 rings (SSSR count). The van der Waals surface area contributed by atoms with Gasteiger partial charge in [-0.2, -0.15) is 13.2 Å². The number of ether oxygens (including phenoxy) is 2. The van der Waals surface area contributed by atoms with Gasteiger partial charge >= 0.3 is 6.18 Å². The van der Waals surface area contributed by atoms with E-state index >= 15 is 0 Å². The molecule has 0 radical (unpaired) electrons. The summed E-state index contributed by atoms with van der Waals surface area (Å²) in [5, 5.41) is 3.18. The van der Waals surface area contributed by atoms with E-state index in [0.29, 0.717) is 38.6 Å². The van der Waals surface area contributed by atoms with Gasteiger partial charge in [-0.1, -0.05) is 12.1 Å². The number of aliphatic imine (C=N–C) groups is 1. The minimum atomic E-state index is -4.28. The summed E-state index contributed by atoms with van der Waals surface area (Å²) in [6.45, 7) is 5.11. The van der Waals surface area contributed by atoms with Crippen molar-refractivity contribution in [3.63, 3.8) is 0 Å². The number of rotatable bonds is 10. The first-order valence-corrected chi connectivity index (χ1v) is 8.71. The van der Waals surface area contributed by atoms with Gasteiger partial charge in [-0.25, -0.2) is 0 Å². The van der Waals surface area contributed by atoms with Gasteiger partial charge in [0.05, 0.1) is 6.61 Å². The average Bonchev–Trinajstić information content (AvgIpc) is 2.58. The first-order valence-electron chi connectivity index (χ1n) is 8.71. The lowest BCUT2D eigenvalue weighted by Crippen LogP contribution is -2.38. The Hall–Kier alpha value is -1.23. The molecule has 0 saturated heterocycles. The molecule has 0 aliphatic heterocycles. The summed E-state index contributed by atoms with van der Waals surface area (Å²) in [5.41, 5.74) is 1.11. The van der Waals surface area contributed by atoms with Crippen molar-refractivity contribution in [2.24, 2.45) is 4.99 Å². The molecule has 0 atom stereocenters. The summed E-state index contributed by atoms with van der Waals surface area (Å²) >= 11 is 0. The number of halogens is 4. The second-order valence-corrected chi connectivity index (χ2v) is 5.69. The fourth-order valence-corrected chi connectivity index (χ4v) is 2.22. The van der Waals surface area contributed by atoms with Gasteiger partial charge in [-0.3, -0.25) is 4.99 Å². The Kier molecular flexibility index (Phi) is 13.2. The fourth-order valence-electron chi connectivity index (χ4n) is 2.22. The van der Waals surface area contributed by atoms with Crippen LogP contribution in [0.4, 0.5) is 13.2 Å². The van der Waals surface area contributed by atoms with E-state index in [1.165, 1.54) is 0 Å². The number of hydrogen-bond acceptors (Lipinski definition) is 3. The van der Waals surface area contributed by atoms with Crippen LogP contribution in [0.15, 0.2) is 29.3 Å². The van der Waals surface area contributed by atoms with Crippen LogP contribution in [0.3, 0.4) is 0 Å². The number of nitrogens with one attached hydrogen (secondary N) is 1. The van der Waals surface area contributed by atoms with E-state index in [2.05, 4.69) is 15.0 Å². The maximum Gasteiger partial charge on any atom is 0.411 e. The molecule has 1 aromatic rings. The van der Waals surface area contributed by atoms with E-state index in [9.17, 15) is 13.2 Å². The molecule has 9 heteroatoms. The van der Waals surface area contributed by atoms with Gasteiger partial charge in [-0.15, -0.1) is 24.0 Å². The number of alkyl halides is 3. The molecule has 0 aromatic heterocycles. The lowest BCUT2D eigenvalue weighted by molar-refractivity contribution is -0.173. The van der Waals surface area contributed by atoms with Gasteiger partial charge in [0, 0.05) is 33.3 Å². The predicted octanol–water partition coefficient (Wildman–Crippen LogP) is 4.07. The highest BCUT2D eigenvalue weighted by molar-refractivity contribution is 14.0. The smallest absolute Gasteiger partial charge is 0.411 e. The van der Waals surface area contributed by atoms with E-state index in [-0.39, 0.29) is 30.6 Å². The van der Waals surface area contributed by atoms with Crippen molar-refractivity contribution >= 4 is 29.9 Å². The highest BCUT2D eigenvalue weighted by atomic mass is 127. The topological polar surface area (TPSA) is 46.1 Å². The maximum absolute atomic E-state index is 12.0. The molecular weight excluding hydrogens is 474 g/mol. The van der Waals surface area contributed by atoms with Crippen LogP contribution in [0.1, 0.15) is 25.8 Å². The SMILES string of the molecule is CCNC(=NCCCOCC(F)(F)F)N(C)Cc1ccc(OCC)cc1.I. The van der Waals surface area contributed by atoms with E-state index < -0.39 is 12.8 Å². The maximum atomic E-state index is 12.0. The van der Waals surface area contributed by atoms with Crippen LogP contribution in [-0.4, -0.2) is 57.0 Å². The van der Waals surface area contributed by atoms with Crippen molar-refractivity contribution in [1.29, 1.82) is 0 Å². The van der Waals surface area contributed by atoms with Gasteiger partial charge in [-0.05, 0) is 38.0 Å². The van der Waals surface area contributed by atoms with Crippen LogP contribution in [0, 0.1) is 0 Å². The third kappa shape index (κ3) is 12.0. The van der Waals surface area contributed by atoms with Crippen molar-refractivity contribution in [2.45, 2.75) is 33.0 Å². The van der Waals surface area contributed by atoms with E-state index in [0.717, 1.165) is 11.3 Å². The van der Waals surface area contributed by atoms with Crippen LogP contribution in [0.2, 0.25) is 0 Å². The van der Waals surface area contributed by atoms with Crippen molar-refractivity contribution in [3.05, 3.63) is 29.8 Å². The molecule has 27 heavy (non-hydrogen) atoms. The summed E-state index contributed by atoms with van der Waals surface area (Å²) in [7, 11) is 1.91. The lowest BCUT2D eigenvalue weighted by Gasteiger charge is -2.22. The van der Waals surface area contributed by atoms with Gasteiger partial charge in [0.25, 0.3) is 0 Å². The predicted molar refractivity (Wildman–Crippen MR) is 112 cm³/mol. The largest absolute Gasteiger partial charge is 0.494 e. The van der Waals surface area contributed by atoms with Gasteiger partial charge in [0.1, 0.15) is 12.4 Å². The van der Waals surface area contributed by atoms with Crippen molar-refractivity contribution < 1.29 is 22.6 Å². The van der Waals surface area contributed by atoms with Crippen LogP contribution in [0.5, 0.6) is 5.75 Å². The Balaban J connectivity index is 0.00000676. The number of benzene rings is 1. The van der Waals surface area contributed by atoms with Crippen molar-refractivity contribution in [2.75, 3.05) is 40.0 Å². The van der Waals surface area contributed by atoms with Gasteiger partial charge in [0.2, 0.25) is 0 Å². The second-order valence-electron chi connectivity index (χ2n) is 5.69. The number of hydrogen-bond donors (Lipinski definition) is 1. The Bertz CT molecular complexity index is 540. The molecule has 0 fully saturated rings. The Labute approximate surface area is 176 Å². The summed E-state index contributed by atoms with van der Waals surface area (Å²) in [5.74, 6) is 1.54. The van der Waals surface area contributed by atoms with Gasteiger partial charge in [0.15, 0.2) is 5.96 Å². The van der Waals surface area contributed by atoms with Crippen molar-refractivity contribution in [1.82, 2.24) is 10.2 Å². The zero-order valence-electron chi connectivity index (χ0n) is 16.0. The van der Waals surface area contributed by atoms with Crippen LogP contribution in [-0.2, 0) is 11.3 Å². The molecule has 0 spiro atoms. The summed E-state index contributed by atoms with van der Waals surface area (Å²) in [4.78, 5) is 6.40. The van der Waals surface area contributed by atoms with Crippen molar-refractivity contribution in [3.8, 4) is 5.75 Å². The zero-order valence-corrected chi connectivity index (χ0v) is 18.3. The minimum Gasteiger partial charge on any atom is -0.494 e. The third-order valence-corrected chi connectivity index (χ3v) is 3.32. The summed E-state index contributed by atoms with van der Waals surface area (Å²) < 4.78 is 46.0. The molecule has 1 aromatic carbocycles. The highest BCUT2D eigenvalue weighted by Crippen LogP contribution is 2.15. The Morgan fingerprint density at radius 1 is 1.19 bits per heavy atom.